The number of para-hydroxylation sites is 1. The molecule has 0 spiro atoms. The third-order valence-corrected chi connectivity index (χ3v) is 4.05. The summed E-state index contributed by atoms with van der Waals surface area (Å²) in [5, 5.41) is 19.5. The van der Waals surface area contributed by atoms with Gasteiger partial charge in [0, 0.05) is 0 Å². The zero-order valence-electron chi connectivity index (χ0n) is 13.3. The highest BCUT2D eigenvalue weighted by molar-refractivity contribution is 7.08. The summed E-state index contributed by atoms with van der Waals surface area (Å²) in [5.41, 5.74) is -0.285. The Labute approximate surface area is 140 Å². The minimum absolute atomic E-state index is 0.142. The van der Waals surface area contributed by atoms with Gasteiger partial charge in [-0.1, -0.05) is 18.2 Å². The summed E-state index contributed by atoms with van der Waals surface area (Å²) in [6.45, 7) is 4.08. The van der Waals surface area contributed by atoms with E-state index in [1.54, 1.807) is 6.92 Å². The maximum absolute atomic E-state index is 11.8. The van der Waals surface area contributed by atoms with Gasteiger partial charge in [0.1, 0.15) is 17.5 Å². The molecule has 0 bridgehead atoms. The number of benzene rings is 1. The average Bonchev–Trinajstić information content (AvgIpc) is 3.07. The number of carbonyl (C=O) groups is 1. The van der Waals surface area contributed by atoms with E-state index in [1.807, 2.05) is 54.1 Å². The van der Waals surface area contributed by atoms with Crippen LogP contribution in [0.5, 0.6) is 5.75 Å². The fraction of sp³-hybridized carbons (Fsp3) is 0.353. The Hall–Kier alpha value is -2.05. The Bertz CT molecular complexity index is 600. The maximum Gasteiger partial charge on any atom is 0.315 e. The molecule has 2 unspecified atom stereocenters. The Balaban J connectivity index is 1.71. The third kappa shape index (κ3) is 5.58. The molecule has 6 heteroatoms. The molecule has 2 aromatic rings. The first-order valence-corrected chi connectivity index (χ1v) is 8.40. The van der Waals surface area contributed by atoms with Crippen molar-refractivity contribution in [2.45, 2.75) is 25.6 Å². The van der Waals surface area contributed by atoms with Gasteiger partial charge in [0.05, 0.1) is 13.1 Å². The summed E-state index contributed by atoms with van der Waals surface area (Å²) >= 11 is 1.51. The summed E-state index contributed by atoms with van der Waals surface area (Å²) in [5.74, 6) is 0.766. The fourth-order valence-electron chi connectivity index (χ4n) is 2.00. The van der Waals surface area contributed by atoms with Crippen molar-refractivity contribution in [3.63, 3.8) is 0 Å². The topological polar surface area (TPSA) is 70.6 Å². The number of hydrogen-bond acceptors (Lipinski definition) is 4. The van der Waals surface area contributed by atoms with Crippen molar-refractivity contribution < 1.29 is 14.6 Å². The van der Waals surface area contributed by atoms with Gasteiger partial charge in [-0.05, 0) is 48.4 Å². The smallest absolute Gasteiger partial charge is 0.315 e. The van der Waals surface area contributed by atoms with Crippen LogP contribution in [0.3, 0.4) is 0 Å². The molecule has 0 fully saturated rings. The molecular weight excluding hydrogens is 312 g/mol. The molecule has 1 aromatic heterocycles. The van der Waals surface area contributed by atoms with E-state index < -0.39 is 5.60 Å². The molecule has 3 N–H and O–H groups in total. The summed E-state index contributed by atoms with van der Waals surface area (Å²) in [4.78, 5) is 11.8. The number of thiophene rings is 1. The zero-order valence-corrected chi connectivity index (χ0v) is 14.1. The Morgan fingerprint density at radius 1 is 1.30 bits per heavy atom. The van der Waals surface area contributed by atoms with Gasteiger partial charge in [-0.3, -0.25) is 0 Å². The zero-order chi connectivity index (χ0) is 16.7. The van der Waals surface area contributed by atoms with Gasteiger partial charge in [-0.25, -0.2) is 4.79 Å². The van der Waals surface area contributed by atoms with Crippen molar-refractivity contribution in [1.82, 2.24) is 10.6 Å². The highest BCUT2D eigenvalue weighted by Crippen LogP contribution is 2.21. The molecule has 0 radical (unpaired) electrons. The second-order valence-electron chi connectivity index (χ2n) is 5.59. The van der Waals surface area contributed by atoms with Gasteiger partial charge >= 0.3 is 6.03 Å². The number of hydrogen-bond donors (Lipinski definition) is 3. The SMILES string of the molecule is CC(CNC(=O)NCC(C)(O)c1ccsc1)Oc1ccccc1. The van der Waals surface area contributed by atoms with Crippen molar-refractivity contribution in [2.75, 3.05) is 13.1 Å². The number of rotatable bonds is 7. The molecule has 0 aliphatic heterocycles. The molecule has 2 atom stereocenters. The van der Waals surface area contributed by atoms with Crippen LogP contribution in [0.15, 0.2) is 47.2 Å². The van der Waals surface area contributed by atoms with E-state index in [9.17, 15) is 9.90 Å². The molecule has 0 aliphatic carbocycles. The Morgan fingerprint density at radius 3 is 2.70 bits per heavy atom. The molecule has 23 heavy (non-hydrogen) atoms. The van der Waals surface area contributed by atoms with Crippen LogP contribution in [0.2, 0.25) is 0 Å². The molecular formula is C17H22N2O3S. The maximum atomic E-state index is 11.8. The van der Waals surface area contributed by atoms with Crippen molar-refractivity contribution in [2.24, 2.45) is 0 Å². The van der Waals surface area contributed by atoms with E-state index >= 15 is 0 Å². The van der Waals surface area contributed by atoms with E-state index in [-0.39, 0.29) is 18.7 Å². The fourth-order valence-corrected chi connectivity index (χ4v) is 2.78. The molecule has 2 rings (SSSR count). The van der Waals surface area contributed by atoms with Crippen LogP contribution in [0.4, 0.5) is 4.79 Å². The van der Waals surface area contributed by atoms with E-state index in [1.165, 1.54) is 11.3 Å². The summed E-state index contributed by atoms with van der Waals surface area (Å²) in [6.07, 6.45) is -0.152. The Kier molecular flexibility index (Phi) is 6.01. The lowest BCUT2D eigenvalue weighted by Gasteiger charge is -2.23. The second-order valence-corrected chi connectivity index (χ2v) is 6.37. The normalized spacial score (nSPS) is 14.6. The molecule has 2 amide bonds. The molecule has 0 saturated carbocycles. The third-order valence-electron chi connectivity index (χ3n) is 3.37. The predicted molar refractivity (Wildman–Crippen MR) is 91.8 cm³/mol. The largest absolute Gasteiger partial charge is 0.489 e. The molecule has 5 nitrogen and oxygen atoms in total. The molecule has 1 heterocycles. The lowest BCUT2D eigenvalue weighted by Crippen LogP contribution is -2.45. The number of urea groups is 1. The van der Waals surface area contributed by atoms with Crippen LogP contribution >= 0.6 is 11.3 Å². The van der Waals surface area contributed by atoms with Gasteiger partial charge in [0.25, 0.3) is 0 Å². The second kappa shape index (κ2) is 7.99. The average molecular weight is 334 g/mol. The number of nitrogens with one attached hydrogen (secondary N) is 2. The lowest BCUT2D eigenvalue weighted by molar-refractivity contribution is 0.0597. The van der Waals surface area contributed by atoms with Crippen molar-refractivity contribution >= 4 is 17.4 Å². The highest BCUT2D eigenvalue weighted by atomic mass is 32.1. The van der Waals surface area contributed by atoms with Crippen LogP contribution < -0.4 is 15.4 Å². The van der Waals surface area contributed by atoms with E-state index in [0.29, 0.717) is 6.54 Å². The van der Waals surface area contributed by atoms with Crippen molar-refractivity contribution in [3.8, 4) is 5.75 Å². The van der Waals surface area contributed by atoms with Crippen molar-refractivity contribution in [1.29, 1.82) is 0 Å². The summed E-state index contributed by atoms with van der Waals surface area (Å²) in [6, 6.07) is 11.0. The Morgan fingerprint density at radius 2 is 2.04 bits per heavy atom. The monoisotopic (exact) mass is 334 g/mol. The minimum Gasteiger partial charge on any atom is -0.489 e. The molecule has 1 aromatic carbocycles. The van der Waals surface area contributed by atoms with Crippen LogP contribution in [-0.2, 0) is 5.60 Å². The summed E-state index contributed by atoms with van der Waals surface area (Å²) in [7, 11) is 0. The van der Waals surface area contributed by atoms with Gasteiger partial charge in [0.15, 0.2) is 0 Å². The van der Waals surface area contributed by atoms with Gasteiger partial charge in [0.2, 0.25) is 0 Å². The van der Waals surface area contributed by atoms with Gasteiger partial charge in [-0.2, -0.15) is 11.3 Å². The first-order valence-electron chi connectivity index (χ1n) is 7.46. The van der Waals surface area contributed by atoms with Crippen LogP contribution in [0.25, 0.3) is 0 Å². The standard InChI is InChI=1S/C17H22N2O3S/c1-13(22-15-6-4-3-5-7-15)10-18-16(20)19-12-17(2,21)14-8-9-23-11-14/h3-9,11,13,21H,10,12H2,1-2H3,(H2,18,19,20). The van der Waals surface area contributed by atoms with Gasteiger partial charge < -0.3 is 20.5 Å². The van der Waals surface area contributed by atoms with E-state index in [0.717, 1.165) is 11.3 Å². The molecule has 124 valence electrons. The van der Waals surface area contributed by atoms with E-state index in [4.69, 9.17) is 4.74 Å². The van der Waals surface area contributed by atoms with Crippen molar-refractivity contribution in [3.05, 3.63) is 52.7 Å². The first-order chi connectivity index (χ1) is 11.0. The molecule has 0 aliphatic rings. The van der Waals surface area contributed by atoms with Crippen LogP contribution in [-0.4, -0.2) is 30.3 Å². The first kappa shape index (κ1) is 17.3. The minimum atomic E-state index is -1.08. The highest BCUT2D eigenvalue weighted by Gasteiger charge is 2.24. The van der Waals surface area contributed by atoms with Crippen LogP contribution in [0.1, 0.15) is 19.4 Å². The number of amides is 2. The van der Waals surface area contributed by atoms with Crippen LogP contribution in [0, 0.1) is 0 Å². The lowest BCUT2D eigenvalue weighted by atomic mass is 9.99. The quantitative estimate of drug-likeness (QED) is 0.729. The van der Waals surface area contributed by atoms with Gasteiger partial charge in [-0.15, -0.1) is 0 Å². The number of ether oxygens (including phenoxy) is 1. The van der Waals surface area contributed by atoms with E-state index in [2.05, 4.69) is 10.6 Å². The predicted octanol–water partition coefficient (Wildman–Crippen LogP) is 2.72. The summed E-state index contributed by atoms with van der Waals surface area (Å²) < 4.78 is 5.68. The number of carbonyl (C=O) groups excluding carboxylic acids is 1. The number of aliphatic hydroxyl groups is 1. The molecule has 0 saturated heterocycles.